The second kappa shape index (κ2) is 5.61. The van der Waals surface area contributed by atoms with E-state index in [0.29, 0.717) is 0 Å². The molecule has 1 saturated carbocycles. The molecule has 0 heterocycles. The maximum absolute atomic E-state index is 5.47. The molecule has 1 rings (SSSR count). The maximum atomic E-state index is 5.47. The molecule has 0 radical (unpaired) electrons. The minimum atomic E-state index is 0.746. The van der Waals surface area contributed by atoms with Gasteiger partial charge in [-0.05, 0) is 44.2 Å². The number of nitrogens with two attached hydrogens (primary N) is 1. The Balaban J connectivity index is 2.21. The van der Waals surface area contributed by atoms with Crippen LogP contribution in [0.2, 0.25) is 0 Å². The van der Waals surface area contributed by atoms with Crippen LogP contribution in [0.3, 0.4) is 0 Å². The van der Waals surface area contributed by atoms with Gasteiger partial charge in [0.15, 0.2) is 0 Å². The van der Waals surface area contributed by atoms with Gasteiger partial charge in [-0.25, -0.2) is 0 Å². The van der Waals surface area contributed by atoms with Gasteiger partial charge in [0.2, 0.25) is 0 Å². The first-order chi connectivity index (χ1) is 6.24. The van der Waals surface area contributed by atoms with Crippen molar-refractivity contribution in [1.82, 2.24) is 5.32 Å². The zero-order valence-corrected chi connectivity index (χ0v) is 9.05. The third-order valence-corrected chi connectivity index (χ3v) is 3.25. The minimum absolute atomic E-state index is 0.746. The molecule has 3 N–H and O–H groups in total. The molecule has 2 nitrogen and oxygen atoms in total. The van der Waals surface area contributed by atoms with E-state index in [-0.39, 0.29) is 0 Å². The lowest BCUT2D eigenvalue weighted by Crippen LogP contribution is -2.40. The quantitative estimate of drug-likeness (QED) is 0.653. The van der Waals surface area contributed by atoms with Crippen molar-refractivity contribution in [3.63, 3.8) is 0 Å². The predicted octanol–water partition coefficient (Wildman–Crippen LogP) is 1.75. The zero-order chi connectivity index (χ0) is 9.68. The highest BCUT2D eigenvalue weighted by Crippen LogP contribution is 2.28. The number of rotatable bonds is 4. The largest absolute Gasteiger partial charge is 0.330 e. The number of nitrogens with one attached hydrogen (secondary N) is 1. The monoisotopic (exact) mass is 184 g/mol. The van der Waals surface area contributed by atoms with E-state index in [4.69, 9.17) is 5.73 Å². The highest BCUT2D eigenvalue weighted by molar-refractivity contribution is 4.81. The van der Waals surface area contributed by atoms with Gasteiger partial charge >= 0.3 is 0 Å². The van der Waals surface area contributed by atoms with Crippen LogP contribution in [-0.2, 0) is 0 Å². The molecule has 0 saturated heterocycles. The molecule has 1 fully saturated rings. The van der Waals surface area contributed by atoms with E-state index in [1.807, 2.05) is 0 Å². The Hall–Kier alpha value is -0.0800. The van der Waals surface area contributed by atoms with Crippen molar-refractivity contribution in [3.05, 3.63) is 0 Å². The van der Waals surface area contributed by atoms with Crippen LogP contribution in [-0.4, -0.2) is 19.1 Å². The maximum Gasteiger partial charge on any atom is 0.00952 e. The lowest BCUT2D eigenvalue weighted by Gasteiger charge is -2.33. The van der Waals surface area contributed by atoms with Gasteiger partial charge in [0.1, 0.15) is 0 Å². The van der Waals surface area contributed by atoms with Crippen LogP contribution < -0.4 is 11.1 Å². The molecule has 3 atom stereocenters. The van der Waals surface area contributed by atoms with Crippen molar-refractivity contribution in [2.75, 3.05) is 13.1 Å². The summed E-state index contributed by atoms with van der Waals surface area (Å²) in [6.07, 6.45) is 5.26. The topological polar surface area (TPSA) is 38.0 Å². The standard InChI is InChI=1S/C11H24N2/c1-9-4-5-10(2)11(8-9)13-7-3-6-12/h9-11,13H,3-8,12H2,1-2H3. The fraction of sp³-hybridized carbons (Fsp3) is 1.00. The average Bonchev–Trinajstić information content (AvgIpc) is 2.11. The molecular formula is C11H24N2. The summed E-state index contributed by atoms with van der Waals surface area (Å²) in [5.41, 5.74) is 5.47. The van der Waals surface area contributed by atoms with Gasteiger partial charge in [-0.3, -0.25) is 0 Å². The van der Waals surface area contributed by atoms with Gasteiger partial charge in [0.25, 0.3) is 0 Å². The Morgan fingerprint density at radius 3 is 2.77 bits per heavy atom. The summed E-state index contributed by atoms with van der Waals surface area (Å²) in [6, 6.07) is 0.746. The number of hydrogen-bond acceptors (Lipinski definition) is 2. The molecule has 3 unspecified atom stereocenters. The normalized spacial score (nSPS) is 34.8. The highest BCUT2D eigenvalue weighted by atomic mass is 14.9. The van der Waals surface area contributed by atoms with Crippen molar-refractivity contribution in [3.8, 4) is 0 Å². The Bertz CT molecular complexity index is 136. The molecule has 0 spiro atoms. The van der Waals surface area contributed by atoms with Crippen LogP contribution in [0.1, 0.15) is 39.5 Å². The molecule has 0 aromatic heterocycles. The molecule has 13 heavy (non-hydrogen) atoms. The van der Waals surface area contributed by atoms with Crippen molar-refractivity contribution >= 4 is 0 Å². The second-order valence-electron chi connectivity index (χ2n) is 4.60. The number of hydrogen-bond donors (Lipinski definition) is 2. The van der Waals surface area contributed by atoms with E-state index in [1.54, 1.807) is 0 Å². The van der Waals surface area contributed by atoms with Crippen LogP contribution in [0.4, 0.5) is 0 Å². The Morgan fingerprint density at radius 1 is 1.31 bits per heavy atom. The molecule has 78 valence electrons. The van der Waals surface area contributed by atoms with Crippen molar-refractivity contribution in [1.29, 1.82) is 0 Å². The van der Waals surface area contributed by atoms with E-state index < -0.39 is 0 Å². The van der Waals surface area contributed by atoms with Crippen molar-refractivity contribution in [2.24, 2.45) is 17.6 Å². The first-order valence-electron chi connectivity index (χ1n) is 5.67. The molecule has 1 aliphatic carbocycles. The molecule has 0 aliphatic heterocycles. The van der Waals surface area contributed by atoms with Crippen LogP contribution >= 0.6 is 0 Å². The summed E-state index contributed by atoms with van der Waals surface area (Å²) >= 11 is 0. The van der Waals surface area contributed by atoms with E-state index in [1.165, 1.54) is 19.3 Å². The van der Waals surface area contributed by atoms with Crippen molar-refractivity contribution in [2.45, 2.75) is 45.6 Å². The van der Waals surface area contributed by atoms with Gasteiger partial charge in [0.05, 0.1) is 0 Å². The fourth-order valence-corrected chi connectivity index (χ4v) is 2.21. The molecule has 0 amide bonds. The van der Waals surface area contributed by atoms with E-state index >= 15 is 0 Å². The summed E-state index contributed by atoms with van der Waals surface area (Å²) in [5.74, 6) is 1.76. The van der Waals surface area contributed by atoms with E-state index in [0.717, 1.165) is 37.4 Å². The van der Waals surface area contributed by atoms with Gasteiger partial charge in [0, 0.05) is 6.04 Å². The first kappa shape index (κ1) is 11.0. The summed E-state index contributed by atoms with van der Waals surface area (Å²) in [6.45, 7) is 6.64. The predicted molar refractivity (Wildman–Crippen MR) is 57.6 cm³/mol. The third-order valence-electron chi connectivity index (χ3n) is 3.25. The summed E-state index contributed by atoms with van der Waals surface area (Å²) in [5, 5.41) is 3.62. The summed E-state index contributed by atoms with van der Waals surface area (Å²) < 4.78 is 0. The van der Waals surface area contributed by atoms with Crippen molar-refractivity contribution < 1.29 is 0 Å². The molecule has 0 bridgehead atoms. The molecular weight excluding hydrogens is 160 g/mol. The lowest BCUT2D eigenvalue weighted by atomic mass is 9.80. The van der Waals surface area contributed by atoms with E-state index in [2.05, 4.69) is 19.2 Å². The van der Waals surface area contributed by atoms with Gasteiger partial charge < -0.3 is 11.1 Å². The Morgan fingerprint density at radius 2 is 2.08 bits per heavy atom. The smallest absolute Gasteiger partial charge is 0.00952 e. The molecule has 1 aliphatic rings. The lowest BCUT2D eigenvalue weighted by molar-refractivity contribution is 0.229. The first-order valence-corrected chi connectivity index (χ1v) is 5.67. The summed E-state index contributed by atoms with van der Waals surface area (Å²) in [7, 11) is 0. The van der Waals surface area contributed by atoms with E-state index in [9.17, 15) is 0 Å². The molecule has 0 aromatic carbocycles. The van der Waals surface area contributed by atoms with Gasteiger partial charge in [-0.15, -0.1) is 0 Å². The third kappa shape index (κ3) is 3.65. The fourth-order valence-electron chi connectivity index (χ4n) is 2.21. The van der Waals surface area contributed by atoms with Gasteiger partial charge in [-0.1, -0.05) is 20.3 Å². The zero-order valence-electron chi connectivity index (χ0n) is 9.05. The van der Waals surface area contributed by atoms with Crippen LogP contribution in [0, 0.1) is 11.8 Å². The van der Waals surface area contributed by atoms with Crippen LogP contribution in [0.25, 0.3) is 0 Å². The van der Waals surface area contributed by atoms with Gasteiger partial charge in [-0.2, -0.15) is 0 Å². The van der Waals surface area contributed by atoms with Crippen LogP contribution in [0.15, 0.2) is 0 Å². The molecule has 2 heteroatoms. The highest BCUT2D eigenvalue weighted by Gasteiger charge is 2.24. The Labute approximate surface area is 82.3 Å². The van der Waals surface area contributed by atoms with Crippen LogP contribution in [0.5, 0.6) is 0 Å². The SMILES string of the molecule is CC1CCC(C)C(NCCCN)C1. The average molecular weight is 184 g/mol. The Kier molecular flexibility index (Phi) is 4.74. The molecule has 0 aromatic rings. The summed E-state index contributed by atoms with van der Waals surface area (Å²) in [4.78, 5) is 0. The second-order valence-corrected chi connectivity index (χ2v) is 4.60. The minimum Gasteiger partial charge on any atom is -0.330 e.